The Bertz CT molecular complexity index is 490. The van der Waals surface area contributed by atoms with Gasteiger partial charge in [0.25, 0.3) is 0 Å². The van der Waals surface area contributed by atoms with Crippen LogP contribution in [0.1, 0.15) is 0 Å². The second-order valence-electron chi connectivity index (χ2n) is 4.47. The second-order valence-corrected chi connectivity index (χ2v) is 4.47. The standard InChI is InChI=1S/C13H19N5/c1-17(2)7-6-16-13-9-11(3-4-12(13)14)18-8-5-15-10-18/h3-5,8-10,16H,6-7,14H2,1-2H3. The molecule has 0 fully saturated rings. The molecule has 3 N–H and O–H groups in total. The normalized spacial score (nSPS) is 10.8. The second kappa shape index (κ2) is 5.55. The fourth-order valence-corrected chi connectivity index (χ4v) is 1.68. The summed E-state index contributed by atoms with van der Waals surface area (Å²) in [5.74, 6) is 0. The van der Waals surface area contributed by atoms with E-state index in [2.05, 4.69) is 15.2 Å². The molecule has 96 valence electrons. The number of nitrogens with one attached hydrogen (secondary N) is 1. The van der Waals surface area contributed by atoms with Crippen LogP contribution in [0.4, 0.5) is 11.4 Å². The van der Waals surface area contributed by atoms with Gasteiger partial charge >= 0.3 is 0 Å². The van der Waals surface area contributed by atoms with E-state index in [9.17, 15) is 0 Å². The van der Waals surface area contributed by atoms with Crippen LogP contribution in [0, 0.1) is 0 Å². The fraction of sp³-hybridized carbons (Fsp3) is 0.308. The van der Waals surface area contributed by atoms with Crippen molar-refractivity contribution in [1.82, 2.24) is 14.5 Å². The number of rotatable bonds is 5. The van der Waals surface area contributed by atoms with Gasteiger partial charge in [-0.15, -0.1) is 0 Å². The highest BCUT2D eigenvalue weighted by Gasteiger charge is 2.02. The quantitative estimate of drug-likeness (QED) is 0.782. The van der Waals surface area contributed by atoms with Gasteiger partial charge in [-0.05, 0) is 32.3 Å². The van der Waals surface area contributed by atoms with Crippen LogP contribution in [-0.4, -0.2) is 41.6 Å². The molecule has 5 heteroatoms. The van der Waals surface area contributed by atoms with Gasteiger partial charge in [0.15, 0.2) is 0 Å². The van der Waals surface area contributed by atoms with Gasteiger partial charge in [0.05, 0.1) is 17.7 Å². The molecule has 2 rings (SSSR count). The lowest BCUT2D eigenvalue weighted by atomic mass is 10.2. The molecule has 1 aromatic heterocycles. The summed E-state index contributed by atoms with van der Waals surface area (Å²) in [5.41, 5.74) is 8.73. The number of likely N-dealkylation sites (N-methyl/N-ethyl adjacent to an activating group) is 1. The van der Waals surface area contributed by atoms with E-state index in [0.717, 1.165) is 30.2 Å². The van der Waals surface area contributed by atoms with Crippen LogP contribution >= 0.6 is 0 Å². The minimum Gasteiger partial charge on any atom is -0.397 e. The maximum absolute atomic E-state index is 5.96. The molecule has 0 aliphatic carbocycles. The Labute approximate surface area is 107 Å². The van der Waals surface area contributed by atoms with Crippen molar-refractivity contribution in [2.45, 2.75) is 0 Å². The Kier molecular flexibility index (Phi) is 3.84. The third-order valence-electron chi connectivity index (χ3n) is 2.71. The third kappa shape index (κ3) is 3.01. The summed E-state index contributed by atoms with van der Waals surface area (Å²) in [5, 5.41) is 3.35. The summed E-state index contributed by atoms with van der Waals surface area (Å²) >= 11 is 0. The first-order valence-electron chi connectivity index (χ1n) is 5.93. The number of anilines is 2. The van der Waals surface area contributed by atoms with Gasteiger partial charge in [0.2, 0.25) is 0 Å². The van der Waals surface area contributed by atoms with Crippen molar-refractivity contribution >= 4 is 11.4 Å². The highest BCUT2D eigenvalue weighted by atomic mass is 15.1. The lowest BCUT2D eigenvalue weighted by Crippen LogP contribution is -2.21. The summed E-state index contributed by atoms with van der Waals surface area (Å²) in [6.07, 6.45) is 5.44. The van der Waals surface area contributed by atoms with Crippen LogP contribution in [-0.2, 0) is 0 Å². The molecule has 0 aliphatic heterocycles. The van der Waals surface area contributed by atoms with Gasteiger partial charge in [-0.1, -0.05) is 0 Å². The van der Waals surface area contributed by atoms with Crippen molar-refractivity contribution in [3.05, 3.63) is 36.9 Å². The summed E-state index contributed by atoms with van der Waals surface area (Å²) in [6, 6.07) is 5.92. The molecule has 0 bridgehead atoms. The van der Waals surface area contributed by atoms with Crippen LogP contribution in [0.2, 0.25) is 0 Å². The molecule has 18 heavy (non-hydrogen) atoms. The average molecular weight is 245 g/mol. The first kappa shape index (κ1) is 12.4. The first-order valence-corrected chi connectivity index (χ1v) is 5.93. The molecule has 0 atom stereocenters. The Morgan fingerprint density at radius 1 is 1.39 bits per heavy atom. The van der Waals surface area contributed by atoms with Gasteiger partial charge < -0.3 is 20.5 Å². The zero-order valence-corrected chi connectivity index (χ0v) is 10.8. The number of benzene rings is 1. The van der Waals surface area contributed by atoms with Crippen molar-refractivity contribution < 1.29 is 0 Å². The van der Waals surface area contributed by atoms with E-state index in [0.29, 0.717) is 0 Å². The summed E-state index contributed by atoms with van der Waals surface area (Å²) in [4.78, 5) is 6.17. The Morgan fingerprint density at radius 2 is 2.22 bits per heavy atom. The van der Waals surface area contributed by atoms with Crippen molar-refractivity contribution in [3.8, 4) is 5.69 Å². The van der Waals surface area contributed by atoms with E-state index in [1.165, 1.54) is 0 Å². The lowest BCUT2D eigenvalue weighted by molar-refractivity contribution is 0.425. The summed E-state index contributed by atoms with van der Waals surface area (Å²) in [6.45, 7) is 1.83. The molecule has 0 radical (unpaired) electrons. The molecule has 1 aromatic carbocycles. The molecule has 1 heterocycles. The SMILES string of the molecule is CN(C)CCNc1cc(-n2ccnc2)ccc1N. The van der Waals surface area contributed by atoms with E-state index in [1.54, 1.807) is 12.5 Å². The molecule has 0 spiro atoms. The lowest BCUT2D eigenvalue weighted by Gasteiger charge is -2.14. The molecule has 0 aliphatic rings. The minimum absolute atomic E-state index is 0.762. The Morgan fingerprint density at radius 3 is 2.89 bits per heavy atom. The molecule has 5 nitrogen and oxygen atoms in total. The van der Waals surface area contributed by atoms with E-state index in [4.69, 9.17) is 5.73 Å². The molecule has 0 saturated heterocycles. The van der Waals surface area contributed by atoms with Crippen molar-refractivity contribution in [1.29, 1.82) is 0 Å². The van der Waals surface area contributed by atoms with Crippen LogP contribution in [0.15, 0.2) is 36.9 Å². The van der Waals surface area contributed by atoms with Crippen molar-refractivity contribution in [2.75, 3.05) is 38.2 Å². The Hall–Kier alpha value is -2.01. The predicted octanol–water partition coefficient (Wildman–Crippen LogP) is 1.43. The fourth-order valence-electron chi connectivity index (χ4n) is 1.68. The smallest absolute Gasteiger partial charge is 0.0991 e. The van der Waals surface area contributed by atoms with Crippen LogP contribution in [0.25, 0.3) is 5.69 Å². The van der Waals surface area contributed by atoms with E-state index in [1.807, 2.05) is 43.1 Å². The first-order chi connectivity index (χ1) is 8.66. The van der Waals surface area contributed by atoms with Gasteiger partial charge in [0, 0.05) is 31.2 Å². The minimum atomic E-state index is 0.762. The van der Waals surface area contributed by atoms with E-state index in [-0.39, 0.29) is 0 Å². The monoisotopic (exact) mass is 245 g/mol. The van der Waals surface area contributed by atoms with Gasteiger partial charge in [-0.25, -0.2) is 4.98 Å². The third-order valence-corrected chi connectivity index (χ3v) is 2.71. The summed E-state index contributed by atoms with van der Waals surface area (Å²) < 4.78 is 1.95. The largest absolute Gasteiger partial charge is 0.397 e. The number of hydrogen-bond acceptors (Lipinski definition) is 4. The molecular formula is C13H19N5. The zero-order valence-electron chi connectivity index (χ0n) is 10.8. The molecule has 0 saturated carbocycles. The number of nitrogen functional groups attached to an aromatic ring is 1. The number of hydrogen-bond donors (Lipinski definition) is 2. The zero-order chi connectivity index (χ0) is 13.0. The number of aromatic nitrogens is 2. The van der Waals surface area contributed by atoms with Gasteiger partial charge in [-0.3, -0.25) is 0 Å². The molecule has 0 unspecified atom stereocenters. The van der Waals surface area contributed by atoms with Gasteiger partial charge in [0.1, 0.15) is 0 Å². The number of nitrogens with two attached hydrogens (primary N) is 1. The highest BCUT2D eigenvalue weighted by Crippen LogP contribution is 2.21. The highest BCUT2D eigenvalue weighted by molar-refractivity contribution is 5.69. The van der Waals surface area contributed by atoms with Gasteiger partial charge in [-0.2, -0.15) is 0 Å². The van der Waals surface area contributed by atoms with Crippen molar-refractivity contribution in [2.24, 2.45) is 0 Å². The number of nitrogens with zero attached hydrogens (tertiary/aromatic N) is 3. The number of imidazole rings is 1. The molecular weight excluding hydrogens is 226 g/mol. The van der Waals surface area contributed by atoms with Crippen LogP contribution in [0.3, 0.4) is 0 Å². The summed E-state index contributed by atoms with van der Waals surface area (Å²) in [7, 11) is 4.10. The average Bonchev–Trinajstić information content (AvgIpc) is 2.84. The Balaban J connectivity index is 2.12. The maximum atomic E-state index is 5.96. The topological polar surface area (TPSA) is 59.1 Å². The molecule has 2 aromatic rings. The van der Waals surface area contributed by atoms with E-state index >= 15 is 0 Å². The predicted molar refractivity (Wildman–Crippen MR) is 75.0 cm³/mol. The molecule has 0 amide bonds. The maximum Gasteiger partial charge on any atom is 0.0991 e. The van der Waals surface area contributed by atoms with E-state index < -0.39 is 0 Å². The van der Waals surface area contributed by atoms with Crippen LogP contribution < -0.4 is 11.1 Å². The van der Waals surface area contributed by atoms with Crippen LogP contribution in [0.5, 0.6) is 0 Å². The van der Waals surface area contributed by atoms with Crippen molar-refractivity contribution in [3.63, 3.8) is 0 Å².